The van der Waals surface area contributed by atoms with Gasteiger partial charge in [-0.25, -0.2) is 0 Å². The molecule has 0 saturated carbocycles. The van der Waals surface area contributed by atoms with Gasteiger partial charge in [0.15, 0.2) is 0 Å². The Kier molecular flexibility index (Phi) is 6.54. The summed E-state index contributed by atoms with van der Waals surface area (Å²) in [4.78, 5) is 2.65. The highest BCUT2D eigenvalue weighted by molar-refractivity contribution is 5.87. The number of halogens is 1. The predicted molar refractivity (Wildman–Crippen MR) is 106 cm³/mol. The molecule has 3 rings (SSSR count). The van der Waals surface area contributed by atoms with E-state index in [9.17, 15) is 0 Å². The minimum Gasteiger partial charge on any atom is -0.497 e. The van der Waals surface area contributed by atoms with Crippen LogP contribution in [0.4, 0.5) is 0 Å². The Balaban J connectivity index is 0.00000208. The molecule has 132 valence electrons. The molecule has 1 heterocycles. The Labute approximate surface area is 152 Å². The monoisotopic (exact) mass is 347 g/mol. The van der Waals surface area contributed by atoms with Crippen molar-refractivity contribution in [3.8, 4) is 5.75 Å². The molecule has 1 saturated heterocycles. The number of fused-ring (bicyclic) bond motifs is 1. The minimum atomic E-state index is 0. The second-order valence-corrected chi connectivity index (χ2v) is 7.65. The maximum Gasteiger partial charge on any atom is 0.119 e. The lowest BCUT2D eigenvalue weighted by Crippen LogP contribution is -2.40. The molecule has 3 heteroatoms. The summed E-state index contributed by atoms with van der Waals surface area (Å²) in [5.41, 5.74) is 1.95. The van der Waals surface area contributed by atoms with Gasteiger partial charge in [0.1, 0.15) is 5.75 Å². The fraction of sp³-hybridized carbons (Fsp3) is 0.524. The lowest BCUT2D eigenvalue weighted by molar-refractivity contribution is 0.117. The molecule has 1 aliphatic rings. The largest absolute Gasteiger partial charge is 0.497 e. The van der Waals surface area contributed by atoms with Crippen molar-refractivity contribution < 1.29 is 4.74 Å². The molecule has 0 amide bonds. The maximum atomic E-state index is 5.34. The van der Waals surface area contributed by atoms with E-state index in [-0.39, 0.29) is 12.4 Å². The lowest BCUT2D eigenvalue weighted by atomic mass is 9.84. The van der Waals surface area contributed by atoms with Crippen molar-refractivity contribution in [2.45, 2.75) is 39.5 Å². The zero-order valence-corrected chi connectivity index (χ0v) is 16.0. The molecular weight excluding hydrogens is 318 g/mol. The Morgan fingerprint density at radius 3 is 2.75 bits per heavy atom. The van der Waals surface area contributed by atoms with Gasteiger partial charge in [0.2, 0.25) is 0 Å². The van der Waals surface area contributed by atoms with E-state index in [4.69, 9.17) is 4.74 Å². The lowest BCUT2D eigenvalue weighted by Gasteiger charge is -2.38. The predicted octanol–water partition coefficient (Wildman–Crippen LogP) is 5.32. The normalized spacial score (nSPS) is 17.5. The summed E-state index contributed by atoms with van der Waals surface area (Å²) in [6.45, 7) is 8.54. The molecule has 24 heavy (non-hydrogen) atoms. The fourth-order valence-corrected chi connectivity index (χ4v) is 3.90. The maximum absolute atomic E-state index is 5.34. The quantitative estimate of drug-likeness (QED) is 0.725. The standard InChI is InChI=1S/C21H29NO.ClH/c1-21(2)12-6-14-22(16-21)13-5-9-17-7-4-8-18-15-19(23-3)10-11-20(17)18;/h4,7-8,10-11,15H,5-6,9,12-14,16H2,1-3H3;1H. The van der Waals surface area contributed by atoms with E-state index in [1.54, 1.807) is 7.11 Å². The van der Waals surface area contributed by atoms with E-state index in [2.05, 4.69) is 55.1 Å². The van der Waals surface area contributed by atoms with Crippen molar-refractivity contribution in [3.63, 3.8) is 0 Å². The summed E-state index contributed by atoms with van der Waals surface area (Å²) in [5.74, 6) is 0.935. The highest BCUT2D eigenvalue weighted by atomic mass is 35.5. The second-order valence-electron chi connectivity index (χ2n) is 7.65. The fourth-order valence-electron chi connectivity index (χ4n) is 3.90. The molecule has 0 N–H and O–H groups in total. The van der Waals surface area contributed by atoms with Gasteiger partial charge < -0.3 is 9.64 Å². The van der Waals surface area contributed by atoms with Crippen LogP contribution in [0.3, 0.4) is 0 Å². The number of likely N-dealkylation sites (tertiary alicyclic amines) is 1. The van der Waals surface area contributed by atoms with Gasteiger partial charge in [-0.05, 0) is 72.7 Å². The van der Waals surface area contributed by atoms with Crippen LogP contribution in [0.5, 0.6) is 5.75 Å². The molecule has 0 aliphatic carbocycles. The van der Waals surface area contributed by atoms with Crippen LogP contribution in [0.1, 0.15) is 38.7 Å². The highest BCUT2D eigenvalue weighted by Crippen LogP contribution is 2.29. The number of methoxy groups -OCH3 is 1. The summed E-state index contributed by atoms with van der Waals surface area (Å²) >= 11 is 0. The van der Waals surface area contributed by atoms with E-state index in [0.717, 1.165) is 12.2 Å². The zero-order valence-electron chi connectivity index (χ0n) is 15.2. The Morgan fingerprint density at radius 2 is 2.00 bits per heavy atom. The van der Waals surface area contributed by atoms with Crippen molar-refractivity contribution in [1.29, 1.82) is 0 Å². The third kappa shape index (κ3) is 4.64. The van der Waals surface area contributed by atoms with Crippen LogP contribution in [0.25, 0.3) is 10.8 Å². The molecule has 0 spiro atoms. The van der Waals surface area contributed by atoms with Gasteiger partial charge in [0.05, 0.1) is 7.11 Å². The number of hydrogen-bond donors (Lipinski definition) is 0. The van der Waals surface area contributed by atoms with E-state index < -0.39 is 0 Å². The van der Waals surface area contributed by atoms with Crippen molar-refractivity contribution >= 4 is 23.2 Å². The van der Waals surface area contributed by atoms with Crippen molar-refractivity contribution in [2.75, 3.05) is 26.7 Å². The van der Waals surface area contributed by atoms with Crippen molar-refractivity contribution in [2.24, 2.45) is 5.41 Å². The first-order valence-corrected chi connectivity index (χ1v) is 8.85. The molecule has 2 nitrogen and oxygen atoms in total. The van der Waals surface area contributed by atoms with E-state index >= 15 is 0 Å². The van der Waals surface area contributed by atoms with Crippen molar-refractivity contribution in [1.82, 2.24) is 4.90 Å². The molecule has 0 aromatic heterocycles. The average molecular weight is 348 g/mol. The molecule has 2 aromatic carbocycles. The smallest absolute Gasteiger partial charge is 0.119 e. The topological polar surface area (TPSA) is 12.5 Å². The van der Waals surface area contributed by atoms with E-state index in [1.165, 1.54) is 55.2 Å². The third-order valence-electron chi connectivity index (χ3n) is 5.08. The van der Waals surface area contributed by atoms with Crippen molar-refractivity contribution in [3.05, 3.63) is 42.0 Å². The molecule has 0 bridgehead atoms. The van der Waals surface area contributed by atoms with Crippen LogP contribution in [-0.2, 0) is 6.42 Å². The first-order chi connectivity index (χ1) is 11.1. The summed E-state index contributed by atoms with van der Waals surface area (Å²) in [6.07, 6.45) is 5.11. The molecule has 0 radical (unpaired) electrons. The summed E-state index contributed by atoms with van der Waals surface area (Å²) in [6, 6.07) is 13.0. The first kappa shape index (κ1) is 19.1. The van der Waals surface area contributed by atoms with E-state index in [0.29, 0.717) is 5.41 Å². The summed E-state index contributed by atoms with van der Waals surface area (Å²) in [5, 5.41) is 2.65. The molecular formula is C21H30ClNO. The number of nitrogens with zero attached hydrogens (tertiary/aromatic N) is 1. The number of benzene rings is 2. The molecule has 2 aromatic rings. The number of piperidine rings is 1. The van der Waals surface area contributed by atoms with Crippen LogP contribution in [0, 0.1) is 5.41 Å². The van der Waals surface area contributed by atoms with Crippen LogP contribution in [0.2, 0.25) is 0 Å². The number of hydrogen-bond acceptors (Lipinski definition) is 2. The van der Waals surface area contributed by atoms with E-state index in [1.807, 2.05) is 0 Å². The SMILES string of the molecule is COc1ccc2c(CCCN3CCCC(C)(C)C3)cccc2c1.Cl. The van der Waals surface area contributed by atoms with Crippen LogP contribution >= 0.6 is 12.4 Å². The summed E-state index contributed by atoms with van der Waals surface area (Å²) < 4.78 is 5.34. The molecule has 1 fully saturated rings. The van der Waals surface area contributed by atoms with Gasteiger partial charge in [-0.1, -0.05) is 38.1 Å². The minimum absolute atomic E-state index is 0. The van der Waals surface area contributed by atoms with Gasteiger partial charge in [-0.3, -0.25) is 0 Å². The van der Waals surface area contributed by atoms with Gasteiger partial charge in [-0.15, -0.1) is 12.4 Å². The molecule has 1 aliphatic heterocycles. The Bertz CT molecular complexity index is 668. The second kappa shape index (κ2) is 8.22. The number of rotatable bonds is 5. The zero-order chi connectivity index (χ0) is 16.3. The molecule has 0 atom stereocenters. The van der Waals surface area contributed by atoms with Gasteiger partial charge in [-0.2, -0.15) is 0 Å². The van der Waals surface area contributed by atoms with Gasteiger partial charge in [0, 0.05) is 6.54 Å². The average Bonchev–Trinajstić information content (AvgIpc) is 2.53. The molecule has 0 unspecified atom stereocenters. The van der Waals surface area contributed by atoms with Gasteiger partial charge in [0.25, 0.3) is 0 Å². The third-order valence-corrected chi connectivity index (χ3v) is 5.08. The number of aryl methyl sites for hydroxylation is 1. The van der Waals surface area contributed by atoms with Crippen LogP contribution < -0.4 is 4.74 Å². The Morgan fingerprint density at radius 1 is 1.17 bits per heavy atom. The van der Waals surface area contributed by atoms with Gasteiger partial charge >= 0.3 is 0 Å². The first-order valence-electron chi connectivity index (χ1n) is 8.85. The number of ether oxygens (including phenoxy) is 1. The Hall–Kier alpha value is -1.25. The van der Waals surface area contributed by atoms with Crippen LogP contribution in [-0.4, -0.2) is 31.6 Å². The highest BCUT2D eigenvalue weighted by Gasteiger charge is 2.25. The van der Waals surface area contributed by atoms with Crippen LogP contribution in [0.15, 0.2) is 36.4 Å². The summed E-state index contributed by atoms with van der Waals surface area (Å²) in [7, 11) is 1.73.